The van der Waals surface area contributed by atoms with Gasteiger partial charge in [-0.25, -0.2) is 18.0 Å². The smallest absolute Gasteiger partial charge is 0.315 e. The van der Waals surface area contributed by atoms with Crippen LogP contribution >= 0.6 is 0 Å². The Bertz CT molecular complexity index is 979. The van der Waals surface area contributed by atoms with Crippen molar-refractivity contribution < 1.29 is 27.5 Å². The van der Waals surface area contributed by atoms with E-state index in [1.807, 2.05) is 18.7 Å². The maximum absolute atomic E-state index is 14.6. The highest BCUT2D eigenvalue weighted by Gasteiger charge is 2.24. The van der Waals surface area contributed by atoms with Gasteiger partial charge in [0, 0.05) is 31.4 Å². The van der Waals surface area contributed by atoms with Crippen molar-refractivity contribution in [3.05, 3.63) is 59.4 Å². The molecule has 1 fully saturated rings. The molecule has 0 aliphatic carbocycles. The molecule has 2 aromatic rings. The van der Waals surface area contributed by atoms with Gasteiger partial charge < -0.3 is 25.6 Å². The largest absolute Gasteiger partial charge is 0.372 e. The highest BCUT2D eigenvalue weighted by Crippen LogP contribution is 2.24. The first kappa shape index (κ1) is 23.4. The third-order valence-electron chi connectivity index (χ3n) is 4.84. The number of morpholine rings is 1. The van der Waals surface area contributed by atoms with Crippen LogP contribution in [0.15, 0.2) is 36.4 Å². The molecule has 32 heavy (non-hydrogen) atoms. The Kier molecular flexibility index (Phi) is 7.57. The number of carbonyl (C=O) groups is 2. The van der Waals surface area contributed by atoms with Gasteiger partial charge in [0.1, 0.15) is 5.82 Å². The molecule has 0 spiro atoms. The molecule has 1 aliphatic rings. The third-order valence-corrected chi connectivity index (χ3v) is 4.84. The summed E-state index contributed by atoms with van der Waals surface area (Å²) in [5.41, 5.74) is 1.10. The van der Waals surface area contributed by atoms with Crippen LogP contribution in [0.2, 0.25) is 0 Å². The predicted molar refractivity (Wildman–Crippen MR) is 114 cm³/mol. The van der Waals surface area contributed by atoms with E-state index in [0.717, 1.165) is 12.1 Å². The number of hydrogen-bond acceptors (Lipinski definition) is 4. The molecule has 1 heterocycles. The maximum atomic E-state index is 14.6. The topological polar surface area (TPSA) is 82.7 Å². The van der Waals surface area contributed by atoms with Gasteiger partial charge >= 0.3 is 6.03 Å². The Morgan fingerprint density at radius 1 is 0.969 bits per heavy atom. The fourth-order valence-electron chi connectivity index (χ4n) is 3.48. The van der Waals surface area contributed by atoms with Gasteiger partial charge in [-0.05, 0) is 43.7 Å². The second-order valence-electron chi connectivity index (χ2n) is 7.66. The van der Waals surface area contributed by atoms with Crippen molar-refractivity contribution in [1.29, 1.82) is 0 Å². The normalized spacial score (nSPS) is 18.2. The number of nitrogens with zero attached hydrogens (tertiary/aromatic N) is 1. The van der Waals surface area contributed by atoms with Crippen molar-refractivity contribution in [3.8, 4) is 0 Å². The SMILES string of the molecule is CC1CN(c2ccc(CNC(=O)NCC(=O)Nc3ccc(F)c(F)c3)cc2F)CC(C)O1. The van der Waals surface area contributed by atoms with Crippen LogP contribution < -0.4 is 20.9 Å². The minimum absolute atomic E-state index is 0.00229. The molecule has 0 aromatic heterocycles. The zero-order valence-corrected chi connectivity index (χ0v) is 17.8. The molecule has 0 saturated carbocycles. The van der Waals surface area contributed by atoms with Crippen molar-refractivity contribution in [2.75, 3.05) is 29.9 Å². The minimum Gasteiger partial charge on any atom is -0.372 e. The van der Waals surface area contributed by atoms with Crippen LogP contribution in [0.1, 0.15) is 19.4 Å². The highest BCUT2D eigenvalue weighted by molar-refractivity contribution is 5.94. The first-order chi connectivity index (χ1) is 15.2. The molecule has 1 aliphatic heterocycles. The summed E-state index contributed by atoms with van der Waals surface area (Å²) in [7, 11) is 0. The van der Waals surface area contributed by atoms with Crippen LogP contribution in [0, 0.1) is 17.5 Å². The molecule has 1 saturated heterocycles. The van der Waals surface area contributed by atoms with Gasteiger partial charge in [0.25, 0.3) is 0 Å². The summed E-state index contributed by atoms with van der Waals surface area (Å²) in [6, 6.07) is 7.04. The van der Waals surface area contributed by atoms with Crippen LogP contribution in [0.5, 0.6) is 0 Å². The van der Waals surface area contributed by atoms with Crippen LogP contribution in [0.3, 0.4) is 0 Å². The molecule has 0 radical (unpaired) electrons. The summed E-state index contributed by atoms with van der Waals surface area (Å²) in [5, 5.41) is 7.21. The Balaban J connectivity index is 1.45. The number of nitrogens with one attached hydrogen (secondary N) is 3. The zero-order chi connectivity index (χ0) is 23.3. The van der Waals surface area contributed by atoms with E-state index >= 15 is 0 Å². The molecule has 10 heteroatoms. The van der Waals surface area contributed by atoms with Gasteiger partial charge in [-0.1, -0.05) is 6.07 Å². The summed E-state index contributed by atoms with van der Waals surface area (Å²) >= 11 is 0. The minimum atomic E-state index is -1.09. The van der Waals surface area contributed by atoms with E-state index in [-0.39, 0.29) is 31.0 Å². The molecular weight excluding hydrogens is 425 g/mol. The first-order valence-corrected chi connectivity index (χ1v) is 10.2. The third kappa shape index (κ3) is 6.36. The Hall–Kier alpha value is -3.27. The molecule has 3 rings (SSSR count). The van der Waals surface area contributed by atoms with Gasteiger partial charge in [-0.15, -0.1) is 0 Å². The summed E-state index contributed by atoms with van der Waals surface area (Å²) < 4.78 is 46.3. The number of anilines is 2. The lowest BCUT2D eigenvalue weighted by atomic mass is 10.1. The number of rotatable bonds is 6. The fourth-order valence-corrected chi connectivity index (χ4v) is 3.48. The lowest BCUT2D eigenvalue weighted by molar-refractivity contribution is -0.115. The first-order valence-electron chi connectivity index (χ1n) is 10.2. The van der Waals surface area contributed by atoms with E-state index in [0.29, 0.717) is 24.3 Å². The molecule has 2 aromatic carbocycles. The lowest BCUT2D eigenvalue weighted by Gasteiger charge is -2.37. The Labute approximate surface area is 183 Å². The molecule has 3 amide bonds. The van der Waals surface area contributed by atoms with Crippen LogP contribution in [-0.2, 0) is 16.1 Å². The van der Waals surface area contributed by atoms with E-state index in [1.54, 1.807) is 12.1 Å². The van der Waals surface area contributed by atoms with Crippen molar-refractivity contribution >= 4 is 23.3 Å². The Morgan fingerprint density at radius 3 is 2.34 bits per heavy atom. The summed E-state index contributed by atoms with van der Waals surface area (Å²) in [5.74, 6) is -3.13. The van der Waals surface area contributed by atoms with E-state index in [1.165, 1.54) is 12.1 Å². The monoisotopic (exact) mass is 450 g/mol. The fraction of sp³-hybridized carbons (Fsp3) is 0.364. The molecule has 0 bridgehead atoms. The van der Waals surface area contributed by atoms with E-state index < -0.39 is 29.4 Å². The summed E-state index contributed by atoms with van der Waals surface area (Å²) in [6.07, 6.45) is 0.00457. The average Bonchev–Trinajstić information content (AvgIpc) is 2.72. The second-order valence-corrected chi connectivity index (χ2v) is 7.66. The van der Waals surface area contributed by atoms with Gasteiger partial charge in [0.2, 0.25) is 5.91 Å². The zero-order valence-electron chi connectivity index (χ0n) is 17.8. The lowest BCUT2D eigenvalue weighted by Crippen LogP contribution is -2.45. The average molecular weight is 450 g/mol. The van der Waals surface area contributed by atoms with E-state index in [4.69, 9.17) is 4.74 Å². The molecule has 7 nitrogen and oxygen atoms in total. The number of carbonyl (C=O) groups excluding carboxylic acids is 2. The maximum Gasteiger partial charge on any atom is 0.315 e. The molecule has 2 atom stereocenters. The summed E-state index contributed by atoms with van der Waals surface area (Å²) in [4.78, 5) is 25.7. The van der Waals surface area contributed by atoms with Crippen molar-refractivity contribution in [2.24, 2.45) is 0 Å². The summed E-state index contributed by atoms with van der Waals surface area (Å²) in [6.45, 7) is 4.74. The van der Waals surface area contributed by atoms with E-state index in [2.05, 4.69) is 16.0 Å². The van der Waals surface area contributed by atoms with Crippen molar-refractivity contribution in [3.63, 3.8) is 0 Å². The number of amides is 3. The Morgan fingerprint density at radius 2 is 1.69 bits per heavy atom. The number of hydrogen-bond donors (Lipinski definition) is 3. The number of halogens is 3. The van der Waals surface area contributed by atoms with Gasteiger partial charge in [-0.2, -0.15) is 0 Å². The van der Waals surface area contributed by atoms with Crippen LogP contribution in [0.25, 0.3) is 0 Å². The van der Waals surface area contributed by atoms with E-state index in [9.17, 15) is 22.8 Å². The van der Waals surface area contributed by atoms with Gasteiger partial charge in [0.05, 0.1) is 24.4 Å². The quantitative estimate of drug-likeness (QED) is 0.632. The molecule has 2 unspecified atom stereocenters. The molecule has 3 N–H and O–H groups in total. The molecule has 172 valence electrons. The standard InChI is InChI=1S/C22H25F3N4O3/c1-13-11-29(12-14(2)32-13)20-6-3-15(7-19(20)25)9-26-22(31)27-10-21(30)28-16-4-5-17(23)18(24)8-16/h3-8,13-14H,9-12H2,1-2H3,(H,28,30)(H2,26,27,31). The second kappa shape index (κ2) is 10.4. The van der Waals surface area contributed by atoms with Crippen molar-refractivity contribution in [1.82, 2.24) is 10.6 Å². The van der Waals surface area contributed by atoms with Crippen LogP contribution in [0.4, 0.5) is 29.3 Å². The van der Waals surface area contributed by atoms with Gasteiger partial charge in [-0.3, -0.25) is 4.79 Å². The highest BCUT2D eigenvalue weighted by atomic mass is 19.2. The number of urea groups is 1. The predicted octanol–water partition coefficient (Wildman–Crippen LogP) is 3.16. The number of benzene rings is 2. The molecular formula is C22H25F3N4O3. The number of ether oxygens (including phenoxy) is 1. The van der Waals surface area contributed by atoms with Gasteiger partial charge in [0.15, 0.2) is 11.6 Å². The van der Waals surface area contributed by atoms with Crippen molar-refractivity contribution in [2.45, 2.75) is 32.6 Å². The van der Waals surface area contributed by atoms with Crippen LogP contribution in [-0.4, -0.2) is 43.8 Å².